The van der Waals surface area contributed by atoms with Crippen LogP contribution in [0.4, 0.5) is 5.82 Å². The molecule has 0 amide bonds. The molecule has 1 aromatic rings. The van der Waals surface area contributed by atoms with E-state index in [1.165, 1.54) is 70.3 Å². The van der Waals surface area contributed by atoms with Gasteiger partial charge in [-0.3, -0.25) is 4.90 Å². The van der Waals surface area contributed by atoms with Gasteiger partial charge in [-0.25, -0.2) is 4.57 Å². The molecule has 1 rings (SSSR count). The fraction of sp³-hybridized carbons (Fsp3) is 0.773. The van der Waals surface area contributed by atoms with Crippen molar-refractivity contribution < 1.29 is 4.57 Å². The van der Waals surface area contributed by atoms with Crippen molar-refractivity contribution in [2.75, 3.05) is 18.0 Å². The minimum Gasteiger partial charge on any atom is -0.262 e. The van der Waals surface area contributed by atoms with Crippen molar-refractivity contribution in [1.82, 2.24) is 0 Å². The highest BCUT2D eigenvalue weighted by Crippen LogP contribution is 2.17. The Kier molecular flexibility index (Phi) is 10.1. The number of hydrogen-bond acceptors (Lipinski definition) is 1. The largest absolute Gasteiger partial charge is 0.276 e. The van der Waals surface area contributed by atoms with Crippen LogP contribution in [0.5, 0.6) is 0 Å². The van der Waals surface area contributed by atoms with E-state index in [1.807, 2.05) is 0 Å². The van der Waals surface area contributed by atoms with Crippen molar-refractivity contribution >= 4 is 5.82 Å². The number of unbranched alkanes of at least 4 members (excludes halogenated alkanes) is 6. The lowest BCUT2D eigenvalue weighted by molar-refractivity contribution is -0.696. The number of anilines is 1. The molecule has 138 valence electrons. The Morgan fingerprint density at radius 2 is 1.42 bits per heavy atom. The van der Waals surface area contributed by atoms with Crippen molar-refractivity contribution in [1.29, 1.82) is 0 Å². The lowest BCUT2D eigenvalue weighted by Gasteiger charge is -2.23. The number of nitrogens with zero attached hydrogens (tertiary/aromatic N) is 2. The van der Waals surface area contributed by atoms with Crippen LogP contribution in [0.15, 0.2) is 24.4 Å². The maximum atomic E-state index is 2.64. The topological polar surface area (TPSA) is 7.12 Å². The molecule has 0 bridgehead atoms. The van der Waals surface area contributed by atoms with Crippen molar-refractivity contribution in [2.24, 2.45) is 5.41 Å². The molecule has 0 atom stereocenters. The molecule has 0 aliphatic rings. The van der Waals surface area contributed by atoms with Crippen LogP contribution < -0.4 is 9.47 Å². The quantitative estimate of drug-likeness (QED) is 0.337. The average Bonchev–Trinajstić information content (AvgIpc) is 2.53. The Hall–Kier alpha value is -1.05. The van der Waals surface area contributed by atoms with Gasteiger partial charge in [0, 0.05) is 6.07 Å². The summed E-state index contributed by atoms with van der Waals surface area (Å²) in [6.07, 6.45) is 12.9. The first-order chi connectivity index (χ1) is 11.5. The van der Waals surface area contributed by atoms with Crippen molar-refractivity contribution in [3.05, 3.63) is 24.4 Å². The molecule has 0 spiro atoms. The summed E-state index contributed by atoms with van der Waals surface area (Å²) in [6, 6.07) is 6.67. The third-order valence-electron chi connectivity index (χ3n) is 4.45. The minimum atomic E-state index is 0.302. The summed E-state index contributed by atoms with van der Waals surface area (Å²) in [5, 5.41) is 0. The van der Waals surface area contributed by atoms with E-state index in [0.29, 0.717) is 5.41 Å². The summed E-state index contributed by atoms with van der Waals surface area (Å²) in [4.78, 5) is 2.64. The molecule has 24 heavy (non-hydrogen) atoms. The molecule has 2 nitrogen and oxygen atoms in total. The van der Waals surface area contributed by atoms with Crippen molar-refractivity contribution in [2.45, 2.75) is 92.5 Å². The van der Waals surface area contributed by atoms with Crippen LogP contribution in [0, 0.1) is 5.41 Å². The molecule has 0 unspecified atom stereocenters. The van der Waals surface area contributed by atoms with E-state index in [4.69, 9.17) is 0 Å². The Morgan fingerprint density at radius 3 is 1.92 bits per heavy atom. The van der Waals surface area contributed by atoms with Crippen LogP contribution in [-0.2, 0) is 6.54 Å². The van der Waals surface area contributed by atoms with E-state index in [0.717, 1.165) is 6.54 Å². The molecular weight excluding hydrogens is 292 g/mol. The first-order valence-electron chi connectivity index (χ1n) is 10.2. The first-order valence-corrected chi connectivity index (χ1v) is 10.2. The van der Waals surface area contributed by atoms with Crippen LogP contribution in [-0.4, -0.2) is 13.1 Å². The van der Waals surface area contributed by atoms with Crippen LogP contribution in [0.1, 0.15) is 86.0 Å². The Balaban J connectivity index is 2.79. The Morgan fingerprint density at radius 1 is 0.833 bits per heavy atom. The third kappa shape index (κ3) is 8.70. The highest BCUT2D eigenvalue weighted by atomic mass is 15.2. The van der Waals surface area contributed by atoms with E-state index in [1.54, 1.807) is 0 Å². The summed E-state index contributed by atoms with van der Waals surface area (Å²) in [7, 11) is 0. The molecule has 0 aliphatic carbocycles. The maximum Gasteiger partial charge on any atom is 0.276 e. The highest BCUT2D eigenvalue weighted by molar-refractivity contribution is 5.32. The lowest BCUT2D eigenvalue weighted by atomic mass is 9.97. The van der Waals surface area contributed by atoms with E-state index >= 15 is 0 Å². The minimum absolute atomic E-state index is 0.302. The maximum absolute atomic E-state index is 2.64. The zero-order chi connectivity index (χ0) is 17.8. The van der Waals surface area contributed by atoms with Crippen LogP contribution in [0.25, 0.3) is 0 Å². The van der Waals surface area contributed by atoms with Crippen molar-refractivity contribution in [3.63, 3.8) is 0 Å². The molecule has 1 heterocycles. The van der Waals surface area contributed by atoms with E-state index < -0.39 is 0 Å². The number of pyridine rings is 1. The van der Waals surface area contributed by atoms with E-state index in [-0.39, 0.29) is 0 Å². The van der Waals surface area contributed by atoms with Gasteiger partial charge in [-0.05, 0) is 37.2 Å². The second-order valence-corrected chi connectivity index (χ2v) is 8.36. The third-order valence-corrected chi connectivity index (χ3v) is 4.45. The smallest absolute Gasteiger partial charge is 0.262 e. The van der Waals surface area contributed by atoms with Gasteiger partial charge in [-0.2, -0.15) is 0 Å². The van der Waals surface area contributed by atoms with Gasteiger partial charge in [0.25, 0.3) is 5.82 Å². The fourth-order valence-corrected chi connectivity index (χ4v) is 3.20. The highest BCUT2D eigenvalue weighted by Gasteiger charge is 2.22. The Labute approximate surface area is 151 Å². The van der Waals surface area contributed by atoms with Crippen LogP contribution >= 0.6 is 0 Å². The predicted octanol–water partition coefficient (Wildman–Crippen LogP) is 5.99. The van der Waals surface area contributed by atoms with Crippen LogP contribution in [0.2, 0.25) is 0 Å². The summed E-state index contributed by atoms with van der Waals surface area (Å²) in [6.45, 7) is 15.0. The van der Waals surface area contributed by atoms with E-state index in [9.17, 15) is 0 Å². The molecule has 0 N–H and O–H groups in total. The summed E-state index contributed by atoms with van der Waals surface area (Å²) in [5.74, 6) is 1.40. The van der Waals surface area contributed by atoms with Gasteiger partial charge in [-0.15, -0.1) is 0 Å². The van der Waals surface area contributed by atoms with Gasteiger partial charge < -0.3 is 0 Å². The molecule has 0 saturated carbocycles. The fourth-order valence-electron chi connectivity index (χ4n) is 3.20. The first kappa shape index (κ1) is 21.0. The van der Waals surface area contributed by atoms with E-state index in [2.05, 4.69) is 68.5 Å². The summed E-state index contributed by atoms with van der Waals surface area (Å²) >= 11 is 0. The van der Waals surface area contributed by atoms with Crippen LogP contribution in [0.3, 0.4) is 0 Å². The van der Waals surface area contributed by atoms with Gasteiger partial charge in [0.15, 0.2) is 0 Å². The summed E-state index contributed by atoms with van der Waals surface area (Å²) in [5.41, 5.74) is 0.302. The zero-order valence-corrected chi connectivity index (χ0v) is 17.0. The van der Waals surface area contributed by atoms with Gasteiger partial charge in [0.05, 0.1) is 25.8 Å². The number of rotatable bonds is 12. The molecule has 0 aromatic carbocycles. The normalized spacial score (nSPS) is 11.7. The van der Waals surface area contributed by atoms with Gasteiger partial charge in [0.1, 0.15) is 0 Å². The van der Waals surface area contributed by atoms with Gasteiger partial charge >= 0.3 is 0 Å². The second kappa shape index (κ2) is 11.5. The predicted molar refractivity (Wildman–Crippen MR) is 107 cm³/mol. The molecule has 1 aromatic heterocycles. The molecule has 0 radical (unpaired) electrons. The van der Waals surface area contributed by atoms with Gasteiger partial charge in [0.2, 0.25) is 0 Å². The van der Waals surface area contributed by atoms with Gasteiger partial charge in [-0.1, -0.05) is 66.4 Å². The second-order valence-electron chi connectivity index (χ2n) is 8.36. The van der Waals surface area contributed by atoms with Crippen molar-refractivity contribution in [3.8, 4) is 0 Å². The number of aromatic nitrogens is 1. The standard InChI is InChI=1S/C22H41N2/c1-6-8-10-13-17-23(18-14-11-9-7-2)21-16-12-15-19-24(21)20-22(3,4)5/h12,15-16,19H,6-11,13-14,17-18,20H2,1-5H3/q+1. The average molecular weight is 334 g/mol. The number of hydrogen-bond donors (Lipinski definition) is 0. The molecule has 0 saturated heterocycles. The SMILES string of the molecule is CCCCCCN(CCCCCC)c1cccc[n+]1CC(C)(C)C. The lowest BCUT2D eigenvalue weighted by Crippen LogP contribution is -2.46. The molecule has 0 aliphatic heterocycles. The monoisotopic (exact) mass is 333 g/mol. The Bertz CT molecular complexity index is 422. The zero-order valence-electron chi connectivity index (χ0n) is 17.0. The molecule has 2 heteroatoms. The molecular formula is C22H41N2+. The molecule has 0 fully saturated rings. The summed E-state index contributed by atoms with van der Waals surface area (Å²) < 4.78 is 2.46.